The lowest BCUT2D eigenvalue weighted by molar-refractivity contribution is -0.134. The molecule has 0 aliphatic carbocycles. The summed E-state index contributed by atoms with van der Waals surface area (Å²) in [6, 6.07) is 21.6. The third kappa shape index (κ3) is 5.19. The molecular weight excluding hydrogens is 476 g/mol. The van der Waals surface area contributed by atoms with Gasteiger partial charge in [-0.25, -0.2) is 4.79 Å². The average Bonchev–Trinajstić information content (AvgIpc) is 2.88. The Balaban J connectivity index is 1.67. The number of esters is 1. The molecule has 0 aromatic heterocycles. The molecule has 0 radical (unpaired) electrons. The number of halogens is 1. The van der Waals surface area contributed by atoms with Crippen molar-refractivity contribution in [3.63, 3.8) is 0 Å². The average molecular weight is 503 g/mol. The molecule has 184 valence electrons. The molecule has 1 heterocycles. The molecule has 7 heteroatoms. The maximum atomic E-state index is 13.7. The Labute approximate surface area is 215 Å². The first-order valence-corrected chi connectivity index (χ1v) is 12.0. The molecule has 1 aliphatic heterocycles. The normalized spacial score (nSPS) is 16.9. The van der Waals surface area contributed by atoms with E-state index in [1.54, 1.807) is 59.2 Å². The first kappa shape index (κ1) is 25.2. The van der Waals surface area contributed by atoms with Crippen LogP contribution in [0.5, 0.6) is 0 Å². The second-order valence-electron chi connectivity index (χ2n) is 8.68. The van der Waals surface area contributed by atoms with Gasteiger partial charge in [0.05, 0.1) is 13.2 Å². The Kier molecular flexibility index (Phi) is 7.55. The Morgan fingerprint density at radius 1 is 1.00 bits per heavy atom. The first-order valence-electron chi connectivity index (χ1n) is 11.6. The van der Waals surface area contributed by atoms with Gasteiger partial charge in [0.2, 0.25) is 5.91 Å². The molecule has 4 rings (SSSR count). The van der Waals surface area contributed by atoms with Gasteiger partial charge in [0, 0.05) is 41.0 Å². The maximum absolute atomic E-state index is 13.7. The number of amides is 2. The Morgan fingerprint density at radius 3 is 2.31 bits per heavy atom. The van der Waals surface area contributed by atoms with Crippen molar-refractivity contribution in [3.8, 4) is 0 Å². The predicted molar refractivity (Wildman–Crippen MR) is 142 cm³/mol. The van der Waals surface area contributed by atoms with E-state index in [4.69, 9.17) is 11.6 Å². The van der Waals surface area contributed by atoms with Crippen LogP contribution in [0.25, 0.3) is 6.08 Å². The van der Waals surface area contributed by atoms with Gasteiger partial charge in [0.25, 0.3) is 5.91 Å². The van der Waals surface area contributed by atoms with Crippen molar-refractivity contribution >= 4 is 46.8 Å². The van der Waals surface area contributed by atoms with Crippen LogP contribution in [0.15, 0.2) is 78.9 Å². The minimum Gasteiger partial charge on any atom is -0.466 e. The number of carbonyl (C=O) groups is 3. The van der Waals surface area contributed by atoms with Crippen LogP contribution in [0.4, 0.5) is 11.4 Å². The summed E-state index contributed by atoms with van der Waals surface area (Å²) in [4.78, 5) is 41.4. The molecule has 0 fully saturated rings. The van der Waals surface area contributed by atoms with E-state index in [0.29, 0.717) is 17.0 Å². The lowest BCUT2D eigenvalue weighted by Gasteiger charge is -2.43. The standard InChI is InChI=1S/C29H27ClN2O4/c1-19-18-27(32(20(2)33)24-15-13-23(30)14-16-24)25-6-4-5-7-26(25)31(19)29(35)22-11-8-21(9-12-22)10-17-28(34)36-3/h4-17,19,27H,18H2,1-3H3. The van der Waals surface area contributed by atoms with Gasteiger partial charge in [0.1, 0.15) is 0 Å². The van der Waals surface area contributed by atoms with Gasteiger partial charge < -0.3 is 14.5 Å². The van der Waals surface area contributed by atoms with Crippen molar-refractivity contribution in [2.24, 2.45) is 0 Å². The SMILES string of the molecule is COC(=O)C=Cc1ccc(C(=O)N2c3ccccc3C(N(C(C)=O)c3ccc(Cl)cc3)CC2C)cc1. The molecule has 0 bridgehead atoms. The summed E-state index contributed by atoms with van der Waals surface area (Å²) < 4.78 is 4.61. The summed E-state index contributed by atoms with van der Waals surface area (Å²) in [6.45, 7) is 3.55. The number of ether oxygens (including phenoxy) is 1. The molecule has 36 heavy (non-hydrogen) atoms. The van der Waals surface area contributed by atoms with Gasteiger partial charge in [-0.15, -0.1) is 0 Å². The zero-order valence-corrected chi connectivity index (χ0v) is 21.1. The fraction of sp³-hybridized carbons (Fsp3) is 0.207. The first-order chi connectivity index (χ1) is 17.3. The zero-order valence-electron chi connectivity index (χ0n) is 20.4. The quantitative estimate of drug-likeness (QED) is 0.314. The van der Waals surface area contributed by atoms with Crippen LogP contribution >= 0.6 is 11.6 Å². The molecule has 0 saturated carbocycles. The minimum absolute atomic E-state index is 0.0836. The molecule has 0 spiro atoms. The molecule has 3 aromatic rings. The number of rotatable bonds is 5. The minimum atomic E-state index is -0.443. The number of anilines is 2. The van der Waals surface area contributed by atoms with Crippen molar-refractivity contribution in [3.05, 3.63) is 101 Å². The molecular formula is C29H27ClN2O4. The summed E-state index contributed by atoms with van der Waals surface area (Å²) in [5.74, 6) is -0.654. The van der Waals surface area contributed by atoms with Crippen molar-refractivity contribution < 1.29 is 19.1 Å². The highest BCUT2D eigenvalue weighted by Crippen LogP contribution is 2.42. The van der Waals surface area contributed by atoms with Crippen LogP contribution < -0.4 is 9.80 Å². The number of hydrogen-bond donors (Lipinski definition) is 0. The van der Waals surface area contributed by atoms with E-state index in [0.717, 1.165) is 22.5 Å². The van der Waals surface area contributed by atoms with E-state index >= 15 is 0 Å². The summed E-state index contributed by atoms with van der Waals surface area (Å²) in [5.41, 5.74) is 3.76. The van der Waals surface area contributed by atoms with E-state index in [1.807, 2.05) is 43.3 Å². The Bertz CT molecular complexity index is 1300. The second kappa shape index (κ2) is 10.8. The smallest absolute Gasteiger partial charge is 0.330 e. The third-order valence-corrected chi connectivity index (χ3v) is 6.56. The highest BCUT2D eigenvalue weighted by Gasteiger charge is 2.38. The van der Waals surface area contributed by atoms with Crippen molar-refractivity contribution in [2.45, 2.75) is 32.4 Å². The van der Waals surface area contributed by atoms with E-state index in [-0.39, 0.29) is 23.9 Å². The number of benzene rings is 3. The fourth-order valence-corrected chi connectivity index (χ4v) is 4.75. The predicted octanol–water partition coefficient (Wildman–Crippen LogP) is 6.06. The van der Waals surface area contributed by atoms with E-state index < -0.39 is 5.97 Å². The highest BCUT2D eigenvalue weighted by atomic mass is 35.5. The summed E-state index contributed by atoms with van der Waals surface area (Å²) in [6.07, 6.45) is 3.54. The molecule has 2 unspecified atom stereocenters. The van der Waals surface area contributed by atoms with Crippen LogP contribution in [0.2, 0.25) is 5.02 Å². The molecule has 1 aliphatic rings. The van der Waals surface area contributed by atoms with Crippen molar-refractivity contribution in [1.29, 1.82) is 0 Å². The fourth-order valence-electron chi connectivity index (χ4n) is 4.63. The van der Waals surface area contributed by atoms with Gasteiger partial charge in [-0.05, 0) is 73.0 Å². The maximum Gasteiger partial charge on any atom is 0.330 e. The van der Waals surface area contributed by atoms with Gasteiger partial charge in [-0.3, -0.25) is 9.59 Å². The summed E-state index contributed by atoms with van der Waals surface area (Å²) in [5, 5.41) is 0.600. The molecule has 6 nitrogen and oxygen atoms in total. The lowest BCUT2D eigenvalue weighted by atomic mass is 9.89. The zero-order chi connectivity index (χ0) is 25.8. The number of para-hydroxylation sites is 1. The molecule has 2 amide bonds. The monoisotopic (exact) mass is 502 g/mol. The van der Waals surface area contributed by atoms with Crippen molar-refractivity contribution in [2.75, 3.05) is 16.9 Å². The van der Waals surface area contributed by atoms with E-state index in [1.165, 1.54) is 13.2 Å². The third-order valence-electron chi connectivity index (χ3n) is 6.31. The molecule has 0 saturated heterocycles. The van der Waals surface area contributed by atoms with Gasteiger partial charge >= 0.3 is 5.97 Å². The van der Waals surface area contributed by atoms with Crippen LogP contribution in [0.3, 0.4) is 0 Å². The van der Waals surface area contributed by atoms with E-state index in [2.05, 4.69) is 4.74 Å². The second-order valence-corrected chi connectivity index (χ2v) is 9.11. The van der Waals surface area contributed by atoms with Crippen LogP contribution in [-0.4, -0.2) is 30.9 Å². The number of fused-ring (bicyclic) bond motifs is 1. The largest absolute Gasteiger partial charge is 0.466 e. The number of methoxy groups -OCH3 is 1. The van der Waals surface area contributed by atoms with Crippen molar-refractivity contribution in [1.82, 2.24) is 0 Å². The van der Waals surface area contributed by atoms with Crippen LogP contribution in [-0.2, 0) is 14.3 Å². The summed E-state index contributed by atoms with van der Waals surface area (Å²) in [7, 11) is 1.32. The Morgan fingerprint density at radius 2 is 1.67 bits per heavy atom. The van der Waals surface area contributed by atoms with Gasteiger partial charge in [-0.2, -0.15) is 0 Å². The number of carbonyl (C=O) groups excluding carboxylic acids is 3. The summed E-state index contributed by atoms with van der Waals surface area (Å²) >= 11 is 6.07. The molecule has 3 aromatic carbocycles. The van der Waals surface area contributed by atoms with E-state index in [9.17, 15) is 14.4 Å². The number of nitrogens with zero attached hydrogens (tertiary/aromatic N) is 2. The lowest BCUT2D eigenvalue weighted by Crippen LogP contribution is -2.47. The van der Waals surface area contributed by atoms with Crippen LogP contribution in [0.1, 0.15) is 47.8 Å². The van der Waals surface area contributed by atoms with Crippen LogP contribution in [0, 0.1) is 0 Å². The molecule has 2 atom stereocenters. The molecule has 0 N–H and O–H groups in total. The van der Waals surface area contributed by atoms with Gasteiger partial charge in [-0.1, -0.05) is 41.9 Å². The van der Waals surface area contributed by atoms with Gasteiger partial charge in [0.15, 0.2) is 0 Å². The number of hydrogen-bond acceptors (Lipinski definition) is 4. The Hall–Kier alpha value is -3.90. The highest BCUT2D eigenvalue weighted by molar-refractivity contribution is 6.30. The topological polar surface area (TPSA) is 66.9 Å².